The van der Waals surface area contributed by atoms with Gasteiger partial charge in [0, 0.05) is 31.7 Å². The Hall–Kier alpha value is -6.15. The number of nitrogens with zero attached hydrogens (tertiary/aromatic N) is 6. The number of hydrogen-bond acceptors (Lipinski definition) is 14. The van der Waals surface area contributed by atoms with Crippen LogP contribution in [0, 0.1) is 0 Å². The number of amides is 6. The summed E-state index contributed by atoms with van der Waals surface area (Å²) in [5.41, 5.74) is -4.52. The molecular weight excluding hydrogens is 945 g/mol. The Kier molecular flexibility index (Phi) is 23.5. The van der Waals surface area contributed by atoms with Crippen LogP contribution in [0.4, 0.5) is 28.8 Å². The van der Waals surface area contributed by atoms with E-state index in [0.717, 1.165) is 29.1 Å². The number of rotatable bonds is 14. The number of benzene rings is 1. The molecule has 6 amide bonds. The van der Waals surface area contributed by atoms with E-state index in [-0.39, 0.29) is 31.6 Å². The molecule has 0 saturated carbocycles. The number of ether oxygens (including phenoxy) is 7. The van der Waals surface area contributed by atoms with E-state index in [1.54, 1.807) is 149 Å². The molecule has 21 nitrogen and oxygen atoms in total. The molecule has 0 aromatic heterocycles. The van der Waals surface area contributed by atoms with Crippen molar-refractivity contribution < 1.29 is 61.9 Å². The average molecular weight is 1030 g/mol. The number of alkyl carbamates (subject to hydrolysis) is 1. The summed E-state index contributed by atoms with van der Waals surface area (Å²) in [5, 5.41) is 5.46. The highest BCUT2D eigenvalue weighted by Crippen LogP contribution is 2.22. The third kappa shape index (κ3) is 27.5. The third-order valence-electron chi connectivity index (χ3n) is 8.98. The Balaban J connectivity index is 2.34. The topological polar surface area (TPSA) is 238 Å². The van der Waals surface area contributed by atoms with Crippen LogP contribution in [-0.4, -0.2) is 142 Å². The van der Waals surface area contributed by atoms with Crippen LogP contribution in [0.1, 0.15) is 175 Å². The van der Waals surface area contributed by atoms with Gasteiger partial charge in [-0.2, -0.15) is 0 Å². The van der Waals surface area contributed by atoms with Gasteiger partial charge in [-0.1, -0.05) is 25.7 Å². The Bertz CT molecular complexity index is 2100. The second-order valence-electron chi connectivity index (χ2n) is 23.3. The van der Waals surface area contributed by atoms with Gasteiger partial charge in [-0.3, -0.25) is 15.2 Å². The summed E-state index contributed by atoms with van der Waals surface area (Å²) in [4.78, 5) is 96.4. The number of guanidine groups is 2. The molecule has 0 atom stereocenters. The maximum absolute atomic E-state index is 14.2. The second kappa shape index (κ2) is 27.2. The van der Waals surface area contributed by atoms with Gasteiger partial charge in [0.05, 0.1) is 6.54 Å². The molecule has 73 heavy (non-hydrogen) atoms. The van der Waals surface area contributed by atoms with E-state index in [4.69, 9.17) is 33.2 Å². The zero-order valence-corrected chi connectivity index (χ0v) is 47.0. The average Bonchev–Trinajstić information content (AvgIpc) is 3.18. The predicted molar refractivity (Wildman–Crippen MR) is 279 cm³/mol. The summed E-state index contributed by atoms with van der Waals surface area (Å²) >= 11 is 0. The second-order valence-corrected chi connectivity index (χ2v) is 23.3. The fourth-order valence-electron chi connectivity index (χ4n) is 6.31. The summed E-state index contributed by atoms with van der Waals surface area (Å²) in [7, 11) is 0. The molecule has 0 aliphatic carbocycles. The molecule has 1 aliphatic heterocycles. The molecule has 0 fully saturated rings. The molecule has 2 N–H and O–H groups in total. The minimum atomic E-state index is -1.05. The molecular formula is C52H86N8O13. The number of aliphatic imine (C=N–C) groups is 3. The van der Waals surface area contributed by atoms with Crippen molar-refractivity contribution in [3.63, 3.8) is 0 Å². The van der Waals surface area contributed by atoms with Crippen molar-refractivity contribution in [2.75, 3.05) is 39.3 Å². The first-order valence-corrected chi connectivity index (χ1v) is 25.1. The first kappa shape index (κ1) is 63.0. The van der Waals surface area contributed by atoms with Crippen LogP contribution >= 0.6 is 0 Å². The lowest BCUT2D eigenvalue weighted by Crippen LogP contribution is -2.53. The van der Waals surface area contributed by atoms with Crippen LogP contribution in [0.15, 0.2) is 39.2 Å². The van der Waals surface area contributed by atoms with Crippen molar-refractivity contribution in [3.8, 4) is 5.75 Å². The number of nitrogens with one attached hydrogen (secondary N) is 2. The highest BCUT2D eigenvalue weighted by atomic mass is 16.6. The monoisotopic (exact) mass is 1030 g/mol. The molecule has 0 bridgehead atoms. The maximum atomic E-state index is 14.2. The first-order chi connectivity index (χ1) is 33.4. The number of hydrogen-bond donors (Lipinski definition) is 2. The quantitative estimate of drug-likeness (QED) is 0.0763. The molecule has 0 radical (unpaired) electrons. The Labute approximate surface area is 433 Å². The molecule has 0 saturated heterocycles. The Morgan fingerprint density at radius 1 is 0.575 bits per heavy atom. The molecule has 1 heterocycles. The number of amidine groups is 1. The van der Waals surface area contributed by atoms with E-state index in [0.29, 0.717) is 62.5 Å². The van der Waals surface area contributed by atoms with E-state index in [1.807, 2.05) is 0 Å². The van der Waals surface area contributed by atoms with Crippen LogP contribution in [0.2, 0.25) is 0 Å². The minimum Gasteiger partial charge on any atom is -0.492 e. The van der Waals surface area contributed by atoms with E-state index in [1.165, 1.54) is 4.90 Å². The van der Waals surface area contributed by atoms with E-state index in [2.05, 4.69) is 25.6 Å². The lowest BCUT2D eigenvalue weighted by Gasteiger charge is -2.34. The molecule has 2 rings (SSSR count). The Morgan fingerprint density at radius 2 is 1.04 bits per heavy atom. The smallest absolute Gasteiger partial charge is 0.437 e. The largest absolute Gasteiger partial charge is 0.492 e. The summed E-state index contributed by atoms with van der Waals surface area (Å²) in [6.45, 7) is 31.8. The van der Waals surface area contributed by atoms with Gasteiger partial charge in [-0.05, 0) is 168 Å². The SMILES string of the molecule is CC(C)(C)OC(=O)/N=C(/NCCCCCCCCN(C(=O)OC(C)(C)C)/C(=N\C(=O)OC(C)(C)C)N(CCOc1ccc(C2=NCCCN2C(=O)OC(C)(C)C)cc1)C(=O)OC(C)(C)C)NC(=O)OC(C)(C)C. The summed E-state index contributed by atoms with van der Waals surface area (Å²) < 4.78 is 39.6. The predicted octanol–water partition coefficient (Wildman–Crippen LogP) is 11.0. The highest BCUT2D eigenvalue weighted by Gasteiger charge is 2.36. The zero-order chi connectivity index (χ0) is 55.6. The lowest BCUT2D eigenvalue weighted by atomic mass is 10.1. The zero-order valence-electron chi connectivity index (χ0n) is 47.0. The van der Waals surface area contributed by atoms with Gasteiger partial charge >= 0.3 is 36.6 Å². The normalized spacial score (nSPS) is 14.0. The van der Waals surface area contributed by atoms with Gasteiger partial charge in [0.15, 0.2) is 0 Å². The van der Waals surface area contributed by atoms with Gasteiger partial charge in [0.25, 0.3) is 0 Å². The number of carbonyl (C=O) groups excluding carboxylic acids is 6. The maximum Gasteiger partial charge on any atom is 0.437 e. The van der Waals surface area contributed by atoms with Crippen LogP contribution in [0.25, 0.3) is 0 Å². The van der Waals surface area contributed by atoms with Gasteiger partial charge in [0.1, 0.15) is 51.8 Å². The molecule has 0 unspecified atom stereocenters. The summed E-state index contributed by atoms with van der Waals surface area (Å²) in [6, 6.07) is 6.95. The van der Waals surface area contributed by atoms with Crippen molar-refractivity contribution in [1.82, 2.24) is 25.3 Å². The fourth-order valence-corrected chi connectivity index (χ4v) is 6.31. The molecule has 1 aliphatic rings. The van der Waals surface area contributed by atoms with Crippen molar-refractivity contribution >= 4 is 54.3 Å². The fraction of sp³-hybridized carbons (Fsp3) is 0.712. The van der Waals surface area contributed by atoms with E-state index in [9.17, 15) is 28.8 Å². The molecule has 1 aromatic rings. The summed E-state index contributed by atoms with van der Waals surface area (Å²) in [6.07, 6.45) is -0.303. The number of carbonyl (C=O) groups is 6. The van der Waals surface area contributed by atoms with Gasteiger partial charge < -0.3 is 38.5 Å². The summed E-state index contributed by atoms with van der Waals surface area (Å²) in [5.74, 6) is 0.430. The van der Waals surface area contributed by atoms with E-state index < -0.39 is 70.2 Å². The van der Waals surface area contributed by atoms with Crippen molar-refractivity contribution in [1.29, 1.82) is 0 Å². The van der Waals surface area contributed by atoms with Crippen LogP contribution in [-0.2, 0) is 28.4 Å². The highest BCUT2D eigenvalue weighted by molar-refractivity contribution is 6.07. The van der Waals surface area contributed by atoms with Crippen LogP contribution in [0.5, 0.6) is 5.75 Å². The number of unbranched alkanes of at least 4 members (excludes halogenated alkanes) is 5. The van der Waals surface area contributed by atoms with Crippen molar-refractivity contribution in [3.05, 3.63) is 29.8 Å². The molecule has 0 spiro atoms. The van der Waals surface area contributed by atoms with E-state index >= 15 is 0 Å². The van der Waals surface area contributed by atoms with Crippen molar-refractivity contribution in [2.24, 2.45) is 15.0 Å². The van der Waals surface area contributed by atoms with Crippen molar-refractivity contribution in [2.45, 2.75) is 203 Å². The lowest BCUT2D eigenvalue weighted by molar-refractivity contribution is 0.0257. The molecule has 412 valence electrons. The standard InChI is InChI=1S/C52H86N8O13/c1-47(2,3)68-41(61)55-39(56-42(62)69-48(4,5)6)54-30-23-21-19-20-22-24-32-59(45(65)72-51(13,14)15)40(57-43(63)70-49(7,8)9)60(46(66)73-52(16,17)18)34-35-67-37-28-26-36(27-29-37)38-53-31-25-33-58(38)44(64)71-50(10,11)12/h26-29H,19-25,30-35H2,1-18H3,(H2,54,55,56,61,62)/b57-40+. The van der Waals surface area contributed by atoms with Crippen LogP contribution < -0.4 is 15.4 Å². The van der Waals surface area contributed by atoms with Gasteiger partial charge in [-0.25, -0.2) is 38.6 Å². The third-order valence-corrected chi connectivity index (χ3v) is 8.98. The first-order valence-electron chi connectivity index (χ1n) is 25.1. The Morgan fingerprint density at radius 3 is 1.55 bits per heavy atom. The molecule has 21 heteroatoms. The van der Waals surface area contributed by atoms with Crippen LogP contribution in [0.3, 0.4) is 0 Å². The van der Waals surface area contributed by atoms with Gasteiger partial charge in [0.2, 0.25) is 11.9 Å². The van der Waals surface area contributed by atoms with Gasteiger partial charge in [-0.15, -0.1) is 9.98 Å². The minimum absolute atomic E-state index is 0.00919. The molecule has 1 aromatic carbocycles.